The molecule has 0 saturated carbocycles. The molecule has 0 bridgehead atoms. The third-order valence-corrected chi connectivity index (χ3v) is 3.92. The summed E-state index contributed by atoms with van der Waals surface area (Å²) in [6.45, 7) is 1.35. The van der Waals surface area contributed by atoms with E-state index in [4.69, 9.17) is 9.15 Å². The van der Waals surface area contributed by atoms with Crippen LogP contribution >= 0.6 is 0 Å². The van der Waals surface area contributed by atoms with Gasteiger partial charge in [0.15, 0.2) is 0 Å². The van der Waals surface area contributed by atoms with Crippen LogP contribution in [0.5, 0.6) is 0 Å². The number of hydrogen-bond donors (Lipinski definition) is 0. The summed E-state index contributed by atoms with van der Waals surface area (Å²) in [5.74, 6) is 0.550. The van der Waals surface area contributed by atoms with Crippen LogP contribution in [0.3, 0.4) is 0 Å². The molecular weight excluding hydrogens is 301 g/mol. The Bertz CT molecular complexity index is 671. The lowest BCUT2D eigenvalue weighted by molar-refractivity contribution is -0.136. The topological polar surface area (TPSA) is 68.5 Å². The number of aromatic nitrogens is 2. The predicted octanol–water partition coefficient (Wildman–Crippen LogP) is 2.23. The molecular formula is C16H18FN3O3. The van der Waals surface area contributed by atoms with Gasteiger partial charge in [0, 0.05) is 25.8 Å². The molecule has 1 unspecified atom stereocenters. The number of carbonyl (C=O) groups is 1. The summed E-state index contributed by atoms with van der Waals surface area (Å²) in [7, 11) is 1.51. The van der Waals surface area contributed by atoms with E-state index in [2.05, 4.69) is 10.2 Å². The van der Waals surface area contributed by atoms with Crippen molar-refractivity contribution in [2.45, 2.75) is 18.8 Å². The molecule has 0 radical (unpaired) electrons. The predicted molar refractivity (Wildman–Crippen MR) is 80.1 cm³/mol. The minimum Gasteiger partial charge on any atom is -0.420 e. The number of rotatable bonds is 4. The van der Waals surface area contributed by atoms with E-state index in [0.29, 0.717) is 23.9 Å². The maximum atomic E-state index is 13.0. The van der Waals surface area contributed by atoms with Crippen molar-refractivity contribution in [3.05, 3.63) is 36.0 Å². The first kappa shape index (κ1) is 15.6. The molecule has 6 nitrogen and oxygen atoms in total. The van der Waals surface area contributed by atoms with Crippen LogP contribution in [0, 0.1) is 5.82 Å². The second kappa shape index (κ2) is 6.87. The van der Waals surface area contributed by atoms with Gasteiger partial charge in [-0.2, -0.15) is 0 Å². The second-order valence-corrected chi connectivity index (χ2v) is 5.56. The molecule has 1 amide bonds. The molecule has 1 aromatic heterocycles. The van der Waals surface area contributed by atoms with Crippen LogP contribution in [0.2, 0.25) is 0 Å². The minimum atomic E-state index is -0.312. The number of ether oxygens (including phenoxy) is 1. The van der Waals surface area contributed by atoms with E-state index >= 15 is 0 Å². The zero-order valence-electron chi connectivity index (χ0n) is 12.9. The number of piperidine rings is 1. The van der Waals surface area contributed by atoms with E-state index < -0.39 is 0 Å². The summed E-state index contributed by atoms with van der Waals surface area (Å²) < 4.78 is 23.6. The van der Waals surface area contributed by atoms with Crippen molar-refractivity contribution in [2.24, 2.45) is 0 Å². The Morgan fingerprint density at radius 1 is 1.39 bits per heavy atom. The van der Waals surface area contributed by atoms with Gasteiger partial charge < -0.3 is 14.1 Å². The van der Waals surface area contributed by atoms with Crippen LogP contribution < -0.4 is 0 Å². The van der Waals surface area contributed by atoms with Crippen molar-refractivity contribution in [1.82, 2.24) is 15.1 Å². The Morgan fingerprint density at radius 2 is 2.17 bits per heavy atom. The van der Waals surface area contributed by atoms with Gasteiger partial charge in [0.1, 0.15) is 12.4 Å². The highest BCUT2D eigenvalue weighted by Crippen LogP contribution is 2.28. The van der Waals surface area contributed by atoms with E-state index in [0.717, 1.165) is 19.4 Å². The first-order chi connectivity index (χ1) is 11.2. The Morgan fingerprint density at radius 3 is 2.91 bits per heavy atom. The molecule has 23 heavy (non-hydrogen) atoms. The van der Waals surface area contributed by atoms with E-state index in [1.165, 1.54) is 19.2 Å². The molecule has 0 spiro atoms. The van der Waals surface area contributed by atoms with Gasteiger partial charge in [-0.05, 0) is 37.1 Å². The van der Waals surface area contributed by atoms with E-state index in [1.807, 2.05) is 0 Å². The quantitative estimate of drug-likeness (QED) is 0.864. The number of carbonyl (C=O) groups excluding carboxylic acids is 1. The van der Waals surface area contributed by atoms with Crippen LogP contribution in [-0.4, -0.2) is 47.8 Å². The summed E-state index contributed by atoms with van der Waals surface area (Å²) in [5, 5.41) is 8.13. The van der Waals surface area contributed by atoms with Crippen molar-refractivity contribution in [1.29, 1.82) is 0 Å². The first-order valence-corrected chi connectivity index (χ1v) is 7.53. The fourth-order valence-electron chi connectivity index (χ4n) is 2.73. The average Bonchev–Trinajstić information content (AvgIpc) is 3.06. The number of likely N-dealkylation sites (tertiary alicyclic amines) is 1. The lowest BCUT2D eigenvalue weighted by atomic mass is 9.98. The normalized spacial score (nSPS) is 18.2. The maximum absolute atomic E-state index is 13.0. The van der Waals surface area contributed by atoms with Gasteiger partial charge >= 0.3 is 0 Å². The molecule has 2 aromatic rings. The van der Waals surface area contributed by atoms with Crippen molar-refractivity contribution < 1.29 is 18.3 Å². The Kier molecular flexibility index (Phi) is 4.66. The molecule has 3 rings (SSSR count). The summed E-state index contributed by atoms with van der Waals surface area (Å²) in [5.41, 5.74) is 0.674. The number of hydrogen-bond acceptors (Lipinski definition) is 5. The third-order valence-electron chi connectivity index (χ3n) is 3.92. The molecule has 1 fully saturated rings. The highest BCUT2D eigenvalue weighted by atomic mass is 19.1. The Balaban J connectivity index is 1.72. The zero-order valence-corrected chi connectivity index (χ0v) is 12.9. The van der Waals surface area contributed by atoms with Gasteiger partial charge in [0.2, 0.25) is 17.7 Å². The monoisotopic (exact) mass is 319 g/mol. The number of halogens is 1. The molecule has 1 aliphatic heterocycles. The number of benzene rings is 1. The van der Waals surface area contributed by atoms with E-state index in [-0.39, 0.29) is 24.2 Å². The molecule has 1 aliphatic rings. The average molecular weight is 319 g/mol. The minimum absolute atomic E-state index is 0.0197. The highest BCUT2D eigenvalue weighted by Gasteiger charge is 2.28. The molecule has 1 atom stereocenters. The van der Waals surface area contributed by atoms with Crippen LogP contribution in [0.15, 0.2) is 28.7 Å². The van der Waals surface area contributed by atoms with Gasteiger partial charge in [-0.3, -0.25) is 4.79 Å². The van der Waals surface area contributed by atoms with Crippen LogP contribution in [-0.2, 0) is 9.53 Å². The number of amides is 1. The Hall–Kier alpha value is -2.28. The third kappa shape index (κ3) is 3.56. The molecule has 1 aromatic carbocycles. The van der Waals surface area contributed by atoms with Gasteiger partial charge in [-0.15, -0.1) is 10.2 Å². The molecule has 1 saturated heterocycles. The van der Waals surface area contributed by atoms with E-state index in [1.54, 1.807) is 17.0 Å². The number of nitrogens with zero attached hydrogens (tertiary/aromatic N) is 3. The summed E-state index contributed by atoms with van der Waals surface area (Å²) in [4.78, 5) is 13.7. The lowest BCUT2D eigenvalue weighted by Gasteiger charge is -2.30. The Labute approximate surface area is 133 Å². The van der Waals surface area contributed by atoms with Crippen molar-refractivity contribution in [2.75, 3.05) is 26.8 Å². The van der Waals surface area contributed by atoms with Gasteiger partial charge in [-0.1, -0.05) is 0 Å². The molecule has 0 N–H and O–H groups in total. The molecule has 0 aliphatic carbocycles. The smallest absolute Gasteiger partial charge is 0.248 e. The highest BCUT2D eigenvalue weighted by molar-refractivity contribution is 5.77. The van der Waals surface area contributed by atoms with Crippen LogP contribution in [0.4, 0.5) is 4.39 Å². The summed E-state index contributed by atoms with van der Waals surface area (Å²) in [6.07, 6.45) is 1.77. The molecule has 122 valence electrons. The summed E-state index contributed by atoms with van der Waals surface area (Å²) >= 11 is 0. The maximum Gasteiger partial charge on any atom is 0.248 e. The number of methoxy groups -OCH3 is 1. The SMILES string of the molecule is COCC(=O)N1CCCC(c2nnc(-c3ccc(F)cc3)o2)C1. The fourth-order valence-corrected chi connectivity index (χ4v) is 2.73. The van der Waals surface area contributed by atoms with Crippen LogP contribution in [0.25, 0.3) is 11.5 Å². The second-order valence-electron chi connectivity index (χ2n) is 5.56. The molecule has 7 heteroatoms. The van der Waals surface area contributed by atoms with Crippen LogP contribution in [0.1, 0.15) is 24.7 Å². The zero-order chi connectivity index (χ0) is 16.2. The van der Waals surface area contributed by atoms with Gasteiger partial charge in [-0.25, -0.2) is 4.39 Å². The fraction of sp³-hybridized carbons (Fsp3) is 0.438. The van der Waals surface area contributed by atoms with Crippen molar-refractivity contribution in [3.8, 4) is 11.5 Å². The lowest BCUT2D eigenvalue weighted by Crippen LogP contribution is -2.40. The van der Waals surface area contributed by atoms with Gasteiger partial charge in [0.05, 0.1) is 5.92 Å². The standard InChI is InChI=1S/C16H18FN3O3/c1-22-10-14(21)20-8-2-3-12(9-20)16-19-18-15(23-16)11-4-6-13(17)7-5-11/h4-7,12H,2-3,8-10H2,1H3. The molecule has 2 heterocycles. The largest absolute Gasteiger partial charge is 0.420 e. The van der Waals surface area contributed by atoms with E-state index in [9.17, 15) is 9.18 Å². The first-order valence-electron chi connectivity index (χ1n) is 7.53. The van der Waals surface area contributed by atoms with Crippen molar-refractivity contribution in [3.63, 3.8) is 0 Å². The van der Waals surface area contributed by atoms with Crippen molar-refractivity contribution >= 4 is 5.91 Å². The van der Waals surface area contributed by atoms with Gasteiger partial charge in [0.25, 0.3) is 0 Å². The summed E-state index contributed by atoms with van der Waals surface area (Å²) in [6, 6.07) is 5.90.